The van der Waals surface area contributed by atoms with Crippen molar-refractivity contribution in [2.75, 3.05) is 6.61 Å². The van der Waals surface area contributed by atoms with Gasteiger partial charge in [-0.2, -0.15) is 0 Å². The smallest absolute Gasteiger partial charge is 0.335 e. The number of carbonyl (C=O) groups excluding carboxylic acids is 3. The largest absolute Gasteiger partial charge is 0.478 e. The highest BCUT2D eigenvalue weighted by Gasteiger charge is 2.41. The molecule has 29 heavy (non-hydrogen) atoms. The van der Waals surface area contributed by atoms with E-state index in [1.165, 1.54) is 19.1 Å². The Morgan fingerprint density at radius 2 is 1.90 bits per heavy atom. The molecule has 1 aromatic carbocycles. The zero-order chi connectivity index (χ0) is 21.1. The van der Waals surface area contributed by atoms with Gasteiger partial charge in [0.05, 0.1) is 17.1 Å². The maximum atomic E-state index is 12.7. The van der Waals surface area contributed by atoms with E-state index in [2.05, 4.69) is 0 Å². The number of rotatable bonds is 6. The van der Waals surface area contributed by atoms with Crippen LogP contribution in [-0.4, -0.2) is 50.3 Å². The number of esters is 1. The lowest BCUT2D eigenvalue weighted by atomic mass is 10.2. The predicted molar refractivity (Wildman–Crippen MR) is 107 cm³/mol. The summed E-state index contributed by atoms with van der Waals surface area (Å²) in [6.45, 7) is 3.25. The summed E-state index contributed by atoms with van der Waals surface area (Å²) in [5, 5.41) is 8.48. The number of carbonyl (C=O) groups is 4. The minimum absolute atomic E-state index is 0.156. The molecule has 1 fully saturated rings. The molecule has 1 aliphatic rings. The second-order valence-corrected chi connectivity index (χ2v) is 7.13. The van der Waals surface area contributed by atoms with Gasteiger partial charge in [-0.25, -0.2) is 9.59 Å². The van der Waals surface area contributed by atoms with E-state index in [4.69, 9.17) is 9.84 Å². The van der Waals surface area contributed by atoms with Crippen LogP contribution in [0.1, 0.15) is 29.9 Å². The zero-order valence-corrected chi connectivity index (χ0v) is 16.5. The topological polar surface area (TPSA) is 106 Å². The average molecular weight is 414 g/mol. The molecule has 1 atom stereocenters. The first kappa shape index (κ1) is 20.4. The number of aromatic carboxylic acids is 1. The first-order valence-corrected chi connectivity index (χ1v) is 9.60. The summed E-state index contributed by atoms with van der Waals surface area (Å²) >= 11 is 0.754. The van der Waals surface area contributed by atoms with E-state index in [9.17, 15) is 19.2 Å². The van der Waals surface area contributed by atoms with Crippen molar-refractivity contribution in [1.29, 1.82) is 0 Å². The number of carboxylic acids is 1. The van der Waals surface area contributed by atoms with Gasteiger partial charge in [0.15, 0.2) is 0 Å². The SMILES string of the molecule is CCOC(=O)[C@H](C)N1C(=O)S/C(=C/c2cccn2-c2ccc(C(=O)O)cc2)C1=O. The molecule has 1 aliphatic heterocycles. The van der Waals surface area contributed by atoms with Crippen LogP contribution in [0.15, 0.2) is 47.5 Å². The molecule has 0 radical (unpaired) electrons. The third-order valence-corrected chi connectivity index (χ3v) is 5.17. The van der Waals surface area contributed by atoms with Crippen molar-refractivity contribution in [2.45, 2.75) is 19.9 Å². The summed E-state index contributed by atoms with van der Waals surface area (Å²) in [5.41, 5.74) is 1.49. The number of hydrogen-bond donors (Lipinski definition) is 1. The number of carboxylic acid groups (broad SMARTS) is 1. The van der Waals surface area contributed by atoms with Crippen LogP contribution in [-0.2, 0) is 14.3 Å². The van der Waals surface area contributed by atoms with Crippen molar-refractivity contribution in [3.8, 4) is 5.69 Å². The molecule has 1 saturated heterocycles. The van der Waals surface area contributed by atoms with Crippen LogP contribution in [0.2, 0.25) is 0 Å². The van der Waals surface area contributed by atoms with Gasteiger partial charge in [-0.3, -0.25) is 14.5 Å². The third kappa shape index (κ3) is 4.09. The Morgan fingerprint density at radius 3 is 2.52 bits per heavy atom. The lowest BCUT2D eigenvalue weighted by Gasteiger charge is -2.19. The van der Waals surface area contributed by atoms with Crippen molar-refractivity contribution in [3.05, 3.63) is 58.8 Å². The molecule has 0 unspecified atom stereocenters. The fourth-order valence-corrected chi connectivity index (χ4v) is 3.72. The van der Waals surface area contributed by atoms with Crippen LogP contribution >= 0.6 is 11.8 Å². The fourth-order valence-electron chi connectivity index (χ4n) is 2.83. The summed E-state index contributed by atoms with van der Waals surface area (Å²) in [4.78, 5) is 49.0. The molecule has 1 N–H and O–H groups in total. The summed E-state index contributed by atoms with van der Waals surface area (Å²) in [6.07, 6.45) is 3.32. The Hall–Kier alpha value is -3.33. The van der Waals surface area contributed by atoms with Crippen LogP contribution in [0, 0.1) is 0 Å². The third-order valence-electron chi connectivity index (χ3n) is 4.29. The number of ether oxygens (including phenoxy) is 1. The quantitative estimate of drug-likeness (QED) is 0.572. The van der Waals surface area contributed by atoms with E-state index >= 15 is 0 Å². The number of thioether (sulfide) groups is 1. The molecule has 0 saturated carbocycles. The van der Waals surface area contributed by atoms with Crippen LogP contribution in [0.5, 0.6) is 0 Å². The zero-order valence-electron chi connectivity index (χ0n) is 15.7. The lowest BCUT2D eigenvalue weighted by Crippen LogP contribution is -2.42. The average Bonchev–Trinajstić information content (AvgIpc) is 3.26. The Bertz CT molecular complexity index is 1010. The van der Waals surface area contributed by atoms with Crippen molar-refractivity contribution < 1.29 is 29.0 Å². The first-order valence-electron chi connectivity index (χ1n) is 8.78. The lowest BCUT2D eigenvalue weighted by molar-refractivity contribution is -0.150. The highest BCUT2D eigenvalue weighted by Crippen LogP contribution is 2.34. The molecule has 150 valence electrons. The van der Waals surface area contributed by atoms with Crippen LogP contribution in [0.25, 0.3) is 11.8 Å². The van der Waals surface area contributed by atoms with E-state index in [0.717, 1.165) is 16.7 Å². The van der Waals surface area contributed by atoms with E-state index in [0.29, 0.717) is 11.4 Å². The maximum Gasteiger partial charge on any atom is 0.335 e. The minimum atomic E-state index is -1.02. The molecule has 8 nitrogen and oxygen atoms in total. The normalized spacial score (nSPS) is 16.3. The number of benzene rings is 1. The number of nitrogens with zero attached hydrogens (tertiary/aromatic N) is 2. The van der Waals surface area contributed by atoms with E-state index in [1.54, 1.807) is 48.0 Å². The molecular formula is C20H18N2O6S. The number of imide groups is 1. The molecule has 9 heteroatoms. The maximum absolute atomic E-state index is 12.7. The van der Waals surface area contributed by atoms with Crippen LogP contribution < -0.4 is 0 Å². The van der Waals surface area contributed by atoms with Crippen molar-refractivity contribution in [1.82, 2.24) is 9.47 Å². The van der Waals surface area contributed by atoms with Gasteiger partial charge in [-0.05, 0) is 68.1 Å². The molecular weight excluding hydrogens is 396 g/mol. The number of hydrogen-bond acceptors (Lipinski definition) is 6. The van der Waals surface area contributed by atoms with Gasteiger partial charge in [0.25, 0.3) is 11.1 Å². The highest BCUT2D eigenvalue weighted by atomic mass is 32.2. The van der Waals surface area contributed by atoms with E-state index in [1.807, 2.05) is 0 Å². The van der Waals surface area contributed by atoms with Gasteiger partial charge in [0, 0.05) is 17.6 Å². The molecule has 0 bridgehead atoms. The Kier molecular flexibility index (Phi) is 5.88. The molecule has 1 aromatic heterocycles. The monoisotopic (exact) mass is 414 g/mol. The van der Waals surface area contributed by atoms with Crippen molar-refractivity contribution in [3.63, 3.8) is 0 Å². The first-order chi connectivity index (χ1) is 13.8. The molecule has 2 heterocycles. The predicted octanol–water partition coefficient (Wildman–Crippen LogP) is 3.16. The minimum Gasteiger partial charge on any atom is -0.478 e. The molecule has 0 aliphatic carbocycles. The van der Waals surface area contributed by atoms with E-state index < -0.39 is 29.1 Å². The second-order valence-electron chi connectivity index (χ2n) is 6.13. The summed E-state index contributed by atoms with van der Waals surface area (Å²) < 4.78 is 6.66. The molecule has 3 rings (SSSR count). The van der Waals surface area contributed by atoms with Gasteiger partial charge in [-0.15, -0.1) is 0 Å². The van der Waals surface area contributed by atoms with Crippen molar-refractivity contribution >= 4 is 40.9 Å². The summed E-state index contributed by atoms with van der Waals surface area (Å²) in [5.74, 6) is -2.22. The van der Waals surface area contributed by atoms with Crippen LogP contribution in [0.3, 0.4) is 0 Å². The fraction of sp³-hybridized carbons (Fsp3) is 0.200. The van der Waals surface area contributed by atoms with Gasteiger partial charge in [0.2, 0.25) is 0 Å². The highest BCUT2D eigenvalue weighted by molar-refractivity contribution is 8.18. The number of aromatic nitrogens is 1. The second kappa shape index (κ2) is 8.36. The summed E-state index contributed by atoms with van der Waals surface area (Å²) in [6, 6.07) is 8.77. The van der Waals surface area contributed by atoms with Crippen LogP contribution in [0.4, 0.5) is 4.79 Å². The standard InChI is InChI=1S/C20H18N2O6S/c1-3-28-19(26)12(2)22-17(23)16(29-20(22)27)11-15-5-4-10-21(15)14-8-6-13(7-9-14)18(24)25/h4-12H,3H2,1-2H3,(H,24,25)/b16-11+/t12-/m0/s1. The molecule has 0 spiro atoms. The van der Waals surface area contributed by atoms with Gasteiger partial charge < -0.3 is 14.4 Å². The van der Waals surface area contributed by atoms with Crippen molar-refractivity contribution in [2.24, 2.45) is 0 Å². The Labute approximate surface area is 170 Å². The van der Waals surface area contributed by atoms with E-state index in [-0.39, 0.29) is 17.1 Å². The Balaban J connectivity index is 1.87. The van der Waals surface area contributed by atoms with Gasteiger partial charge >= 0.3 is 11.9 Å². The van der Waals surface area contributed by atoms with Gasteiger partial charge in [-0.1, -0.05) is 0 Å². The van der Waals surface area contributed by atoms with Gasteiger partial charge in [0.1, 0.15) is 6.04 Å². The molecule has 2 aromatic rings. The number of amides is 2. The Morgan fingerprint density at radius 1 is 1.21 bits per heavy atom. The molecule has 2 amide bonds. The summed E-state index contributed by atoms with van der Waals surface area (Å²) in [7, 11) is 0.